The number of carbonyl (C=O) groups is 1. The molecule has 1 N–H and O–H groups in total. The Morgan fingerprint density at radius 1 is 1.00 bits per heavy atom. The summed E-state index contributed by atoms with van der Waals surface area (Å²) < 4.78 is 37.0. The van der Waals surface area contributed by atoms with Gasteiger partial charge in [-0.1, -0.05) is 12.1 Å². The molecule has 1 aliphatic rings. The minimum absolute atomic E-state index is 0.480. The summed E-state index contributed by atoms with van der Waals surface area (Å²) in [5, 5.41) is 9.82. The van der Waals surface area contributed by atoms with E-state index < -0.39 is 23.6 Å². The quantitative estimate of drug-likeness (QED) is 0.763. The lowest BCUT2D eigenvalue weighted by Gasteiger charge is -2.38. The lowest BCUT2D eigenvalue weighted by Crippen LogP contribution is -2.48. The second-order valence-corrected chi connectivity index (χ2v) is 6.92. The highest BCUT2D eigenvalue weighted by Crippen LogP contribution is 2.32. The Hall–Kier alpha value is -2.71. The highest BCUT2D eigenvalue weighted by atomic mass is 19.2. The first-order valence-electron chi connectivity index (χ1n) is 9.28. The number of hydrogen-bond acceptors (Lipinski definition) is 5. The van der Waals surface area contributed by atoms with Crippen LogP contribution < -0.4 is 9.47 Å². The Balaban J connectivity index is 1.68. The lowest BCUT2D eigenvalue weighted by atomic mass is 10.0. The number of hydrogen-bond donors (Lipinski definition) is 1. The zero-order valence-electron chi connectivity index (χ0n) is 16.4. The van der Waals surface area contributed by atoms with Gasteiger partial charge in [-0.15, -0.1) is 0 Å². The van der Waals surface area contributed by atoms with Gasteiger partial charge in [-0.2, -0.15) is 0 Å². The SMILES string of the molecule is COc1ccc(C(C(=O)O)N2CCN(Cc3ccc(F)c(F)c3)CC2)cc1OC. The molecule has 1 atom stereocenters. The van der Waals surface area contributed by atoms with Crippen molar-refractivity contribution in [3.05, 3.63) is 59.2 Å². The summed E-state index contributed by atoms with van der Waals surface area (Å²) >= 11 is 0. The van der Waals surface area contributed by atoms with Crippen LogP contribution >= 0.6 is 0 Å². The Labute approximate surface area is 168 Å². The van der Waals surface area contributed by atoms with Crippen molar-refractivity contribution in [1.29, 1.82) is 0 Å². The number of nitrogens with zero attached hydrogens (tertiary/aromatic N) is 2. The van der Waals surface area contributed by atoms with Crippen LogP contribution in [0.25, 0.3) is 0 Å². The smallest absolute Gasteiger partial charge is 0.325 e. The second-order valence-electron chi connectivity index (χ2n) is 6.92. The normalized spacial score (nSPS) is 16.4. The van der Waals surface area contributed by atoms with E-state index >= 15 is 0 Å². The molecule has 0 spiro atoms. The molecule has 1 fully saturated rings. The van der Waals surface area contributed by atoms with Crippen LogP contribution in [0.15, 0.2) is 36.4 Å². The molecule has 2 aromatic rings. The Morgan fingerprint density at radius 2 is 1.69 bits per heavy atom. The predicted molar refractivity (Wildman–Crippen MR) is 103 cm³/mol. The molecule has 0 amide bonds. The highest BCUT2D eigenvalue weighted by molar-refractivity contribution is 5.76. The van der Waals surface area contributed by atoms with Gasteiger partial charge >= 0.3 is 5.97 Å². The zero-order valence-corrected chi connectivity index (χ0v) is 16.4. The zero-order chi connectivity index (χ0) is 21.0. The first-order valence-corrected chi connectivity index (χ1v) is 9.28. The maximum atomic E-state index is 13.4. The largest absolute Gasteiger partial charge is 0.493 e. The third kappa shape index (κ3) is 4.83. The van der Waals surface area contributed by atoms with Gasteiger partial charge in [0.25, 0.3) is 0 Å². The van der Waals surface area contributed by atoms with E-state index in [9.17, 15) is 18.7 Å². The summed E-state index contributed by atoms with van der Waals surface area (Å²) in [7, 11) is 3.03. The summed E-state index contributed by atoms with van der Waals surface area (Å²) in [6, 6.07) is 8.20. The topological polar surface area (TPSA) is 62.2 Å². The van der Waals surface area contributed by atoms with Gasteiger partial charge in [-0.3, -0.25) is 14.6 Å². The Kier molecular flexibility index (Phi) is 6.66. The van der Waals surface area contributed by atoms with E-state index in [1.165, 1.54) is 20.3 Å². The van der Waals surface area contributed by atoms with Crippen LogP contribution in [-0.4, -0.2) is 61.3 Å². The van der Waals surface area contributed by atoms with Crippen molar-refractivity contribution in [3.8, 4) is 11.5 Å². The Bertz CT molecular complexity index is 870. The van der Waals surface area contributed by atoms with Gasteiger partial charge in [0.2, 0.25) is 0 Å². The van der Waals surface area contributed by atoms with Crippen molar-refractivity contribution < 1.29 is 28.2 Å². The van der Waals surface area contributed by atoms with E-state index in [1.807, 2.05) is 4.90 Å². The number of aliphatic carboxylic acids is 1. The lowest BCUT2D eigenvalue weighted by molar-refractivity contribution is -0.144. The van der Waals surface area contributed by atoms with E-state index in [0.717, 1.165) is 6.07 Å². The predicted octanol–water partition coefficient (Wildman–Crippen LogP) is 2.93. The van der Waals surface area contributed by atoms with Crippen molar-refractivity contribution in [2.24, 2.45) is 0 Å². The summed E-state index contributed by atoms with van der Waals surface area (Å²) in [6.07, 6.45) is 0. The van der Waals surface area contributed by atoms with Gasteiger partial charge in [0.05, 0.1) is 14.2 Å². The molecule has 0 radical (unpaired) electrons. The molecule has 0 aliphatic carbocycles. The molecule has 29 heavy (non-hydrogen) atoms. The Morgan fingerprint density at radius 3 is 2.28 bits per heavy atom. The first kappa shape index (κ1) is 21.0. The molecule has 0 aromatic heterocycles. The average Bonchev–Trinajstić information content (AvgIpc) is 2.72. The van der Waals surface area contributed by atoms with Crippen molar-refractivity contribution in [3.63, 3.8) is 0 Å². The number of piperazine rings is 1. The molecule has 6 nitrogen and oxygen atoms in total. The monoisotopic (exact) mass is 406 g/mol. The van der Waals surface area contributed by atoms with Crippen LogP contribution in [0.1, 0.15) is 17.2 Å². The van der Waals surface area contributed by atoms with Crippen LogP contribution in [0, 0.1) is 11.6 Å². The molecule has 1 saturated heterocycles. The van der Waals surface area contributed by atoms with Gasteiger partial charge < -0.3 is 14.6 Å². The van der Waals surface area contributed by atoms with Gasteiger partial charge in [0.15, 0.2) is 23.1 Å². The van der Waals surface area contributed by atoms with E-state index in [4.69, 9.17) is 9.47 Å². The van der Waals surface area contributed by atoms with Crippen LogP contribution in [-0.2, 0) is 11.3 Å². The minimum Gasteiger partial charge on any atom is -0.493 e. The number of methoxy groups -OCH3 is 2. The van der Waals surface area contributed by atoms with Crippen molar-refractivity contribution in [2.45, 2.75) is 12.6 Å². The fraction of sp³-hybridized carbons (Fsp3) is 0.381. The minimum atomic E-state index is -0.939. The third-order valence-corrected chi connectivity index (χ3v) is 5.12. The van der Waals surface area contributed by atoms with Crippen LogP contribution in [0.2, 0.25) is 0 Å². The summed E-state index contributed by atoms with van der Waals surface area (Å²) in [6.45, 7) is 2.80. The van der Waals surface area contributed by atoms with Crippen LogP contribution in [0.4, 0.5) is 8.78 Å². The number of carboxylic acid groups (broad SMARTS) is 1. The standard InChI is InChI=1S/C21H24F2N2O4/c1-28-18-6-4-15(12-19(18)29-2)20(21(26)27)25-9-7-24(8-10-25)13-14-3-5-16(22)17(23)11-14/h3-6,11-12,20H,7-10,13H2,1-2H3,(H,26,27). The van der Waals surface area contributed by atoms with E-state index in [-0.39, 0.29) is 0 Å². The number of rotatable bonds is 7. The molecule has 156 valence electrons. The number of carboxylic acids is 1. The van der Waals surface area contributed by atoms with Gasteiger partial charge in [-0.25, -0.2) is 8.78 Å². The van der Waals surface area contributed by atoms with Crippen molar-refractivity contribution in [1.82, 2.24) is 9.80 Å². The molecule has 3 rings (SSSR count). The van der Waals surface area contributed by atoms with Crippen molar-refractivity contribution >= 4 is 5.97 Å². The van der Waals surface area contributed by atoms with Gasteiger partial charge in [0, 0.05) is 32.7 Å². The fourth-order valence-corrected chi connectivity index (χ4v) is 3.61. The molecule has 1 heterocycles. The number of ether oxygens (including phenoxy) is 2. The molecule has 2 aromatic carbocycles. The molecular weight excluding hydrogens is 382 g/mol. The van der Waals surface area contributed by atoms with Gasteiger partial charge in [0.1, 0.15) is 6.04 Å². The maximum Gasteiger partial charge on any atom is 0.325 e. The first-order chi connectivity index (χ1) is 13.9. The van der Waals surface area contributed by atoms with Crippen molar-refractivity contribution in [2.75, 3.05) is 40.4 Å². The third-order valence-electron chi connectivity index (χ3n) is 5.12. The summed E-state index contributed by atoms with van der Waals surface area (Å²) in [4.78, 5) is 16.0. The fourth-order valence-electron chi connectivity index (χ4n) is 3.61. The average molecular weight is 406 g/mol. The number of benzene rings is 2. The molecule has 1 aliphatic heterocycles. The molecule has 0 bridgehead atoms. The summed E-state index contributed by atoms with van der Waals surface area (Å²) in [5.74, 6) is -1.64. The molecular formula is C21H24F2N2O4. The van der Waals surface area contributed by atoms with Crippen LogP contribution in [0.3, 0.4) is 0 Å². The highest BCUT2D eigenvalue weighted by Gasteiger charge is 2.31. The second kappa shape index (κ2) is 9.19. The van der Waals surface area contributed by atoms with Crippen LogP contribution in [0.5, 0.6) is 11.5 Å². The van der Waals surface area contributed by atoms with E-state index in [0.29, 0.717) is 55.3 Å². The van der Waals surface area contributed by atoms with E-state index in [2.05, 4.69) is 4.90 Å². The molecule has 1 unspecified atom stereocenters. The number of halogens is 2. The van der Waals surface area contributed by atoms with Gasteiger partial charge in [-0.05, 0) is 35.4 Å². The summed E-state index contributed by atoms with van der Waals surface area (Å²) in [5.41, 5.74) is 1.30. The van der Waals surface area contributed by atoms with E-state index in [1.54, 1.807) is 24.3 Å². The molecule has 8 heteroatoms. The maximum absolute atomic E-state index is 13.4. The molecule has 0 saturated carbocycles.